The molecule has 0 unspecified atom stereocenters. The molecule has 1 heterocycles. The quantitative estimate of drug-likeness (QED) is 0.628. The van der Waals surface area contributed by atoms with Gasteiger partial charge in [0.15, 0.2) is 0 Å². The maximum Gasteiger partial charge on any atom is 0.248 e. The van der Waals surface area contributed by atoms with Gasteiger partial charge in [0.1, 0.15) is 0 Å². The third-order valence-electron chi connectivity index (χ3n) is 1.10. The number of rotatable bonds is 1. The van der Waals surface area contributed by atoms with Crippen molar-refractivity contribution in [2.75, 3.05) is 0 Å². The van der Waals surface area contributed by atoms with E-state index in [0.29, 0.717) is 10.7 Å². The van der Waals surface area contributed by atoms with Gasteiger partial charge in [-0.05, 0) is 6.07 Å². The first kappa shape index (κ1) is 7.31. The monoisotopic (exact) mass is 159 g/mol. The van der Waals surface area contributed by atoms with E-state index >= 15 is 0 Å². The SMILES string of the molecule is O=c1ccc(Cl)c(CO)[nH]1. The van der Waals surface area contributed by atoms with E-state index in [-0.39, 0.29) is 12.2 Å². The summed E-state index contributed by atoms with van der Waals surface area (Å²) in [6.07, 6.45) is 0. The van der Waals surface area contributed by atoms with Crippen LogP contribution >= 0.6 is 11.6 Å². The van der Waals surface area contributed by atoms with Crippen LogP contribution in [0.3, 0.4) is 0 Å². The molecular weight excluding hydrogens is 154 g/mol. The summed E-state index contributed by atoms with van der Waals surface area (Å²) in [7, 11) is 0. The number of hydrogen-bond donors (Lipinski definition) is 2. The minimum Gasteiger partial charge on any atom is -0.390 e. The van der Waals surface area contributed by atoms with E-state index in [1.165, 1.54) is 12.1 Å². The minimum atomic E-state index is -0.256. The van der Waals surface area contributed by atoms with Crippen LogP contribution in [0.2, 0.25) is 5.02 Å². The van der Waals surface area contributed by atoms with Gasteiger partial charge in [-0.3, -0.25) is 4.79 Å². The summed E-state index contributed by atoms with van der Waals surface area (Å²) in [5.74, 6) is 0. The Bertz CT molecular complexity index is 281. The van der Waals surface area contributed by atoms with Crippen molar-refractivity contribution in [2.45, 2.75) is 6.61 Å². The molecule has 54 valence electrons. The van der Waals surface area contributed by atoms with Crippen molar-refractivity contribution in [1.82, 2.24) is 4.98 Å². The van der Waals surface area contributed by atoms with Crippen LogP contribution in [0.1, 0.15) is 5.69 Å². The van der Waals surface area contributed by atoms with E-state index in [4.69, 9.17) is 16.7 Å². The summed E-state index contributed by atoms with van der Waals surface area (Å²) in [4.78, 5) is 13.0. The van der Waals surface area contributed by atoms with Gasteiger partial charge in [0, 0.05) is 6.07 Å². The maximum atomic E-state index is 10.6. The lowest BCUT2D eigenvalue weighted by molar-refractivity contribution is 0.276. The molecule has 0 aliphatic carbocycles. The predicted octanol–water partition coefficient (Wildman–Crippen LogP) is 0.521. The van der Waals surface area contributed by atoms with Crippen molar-refractivity contribution in [2.24, 2.45) is 0 Å². The summed E-state index contributed by atoms with van der Waals surface area (Å²) in [5.41, 5.74) is 0.0996. The van der Waals surface area contributed by atoms with E-state index in [9.17, 15) is 4.79 Å². The zero-order chi connectivity index (χ0) is 7.56. The third-order valence-corrected chi connectivity index (χ3v) is 1.46. The molecule has 0 spiro atoms. The lowest BCUT2D eigenvalue weighted by Gasteiger charge is -1.96. The largest absolute Gasteiger partial charge is 0.390 e. The van der Waals surface area contributed by atoms with Gasteiger partial charge in [-0.1, -0.05) is 11.6 Å². The van der Waals surface area contributed by atoms with Crippen LogP contribution in [0, 0.1) is 0 Å². The first-order valence-electron chi connectivity index (χ1n) is 2.72. The van der Waals surface area contributed by atoms with E-state index in [2.05, 4.69) is 4.98 Å². The topological polar surface area (TPSA) is 53.1 Å². The molecule has 0 aliphatic heterocycles. The molecule has 4 heteroatoms. The Morgan fingerprint density at radius 2 is 2.30 bits per heavy atom. The normalized spacial score (nSPS) is 9.80. The van der Waals surface area contributed by atoms with Gasteiger partial charge in [0.25, 0.3) is 0 Å². The number of aromatic amines is 1. The summed E-state index contributed by atoms with van der Waals surface area (Å²) >= 11 is 5.57. The van der Waals surface area contributed by atoms with Gasteiger partial charge in [0.2, 0.25) is 5.56 Å². The number of aliphatic hydroxyl groups excluding tert-OH is 1. The maximum absolute atomic E-state index is 10.6. The summed E-state index contributed by atoms with van der Waals surface area (Å²) in [6.45, 7) is -0.241. The number of H-pyrrole nitrogens is 1. The Morgan fingerprint density at radius 3 is 2.80 bits per heavy atom. The van der Waals surface area contributed by atoms with Crippen molar-refractivity contribution in [3.8, 4) is 0 Å². The molecule has 0 amide bonds. The fourth-order valence-corrected chi connectivity index (χ4v) is 0.785. The lowest BCUT2D eigenvalue weighted by Crippen LogP contribution is -2.06. The number of aromatic nitrogens is 1. The van der Waals surface area contributed by atoms with Gasteiger partial charge < -0.3 is 10.1 Å². The van der Waals surface area contributed by atoms with Crippen molar-refractivity contribution < 1.29 is 5.11 Å². The Kier molecular flexibility index (Phi) is 2.09. The predicted molar refractivity (Wildman–Crippen MR) is 38.0 cm³/mol. The molecule has 0 bridgehead atoms. The van der Waals surface area contributed by atoms with Crippen LogP contribution in [0.25, 0.3) is 0 Å². The zero-order valence-electron chi connectivity index (χ0n) is 5.10. The van der Waals surface area contributed by atoms with E-state index in [0.717, 1.165) is 0 Å². The minimum absolute atomic E-state index is 0.241. The highest BCUT2D eigenvalue weighted by atomic mass is 35.5. The van der Waals surface area contributed by atoms with Crippen molar-refractivity contribution >= 4 is 11.6 Å². The van der Waals surface area contributed by atoms with Crippen LogP contribution in [-0.2, 0) is 6.61 Å². The molecule has 1 aromatic heterocycles. The first-order valence-corrected chi connectivity index (χ1v) is 3.10. The molecule has 0 aromatic carbocycles. The summed E-state index contributed by atoms with van der Waals surface area (Å²) in [6, 6.07) is 2.76. The van der Waals surface area contributed by atoms with Crippen molar-refractivity contribution in [3.63, 3.8) is 0 Å². The molecule has 0 atom stereocenters. The molecule has 0 saturated carbocycles. The molecule has 0 radical (unpaired) electrons. The molecule has 0 fully saturated rings. The number of aliphatic hydroxyl groups is 1. The second-order valence-corrected chi connectivity index (χ2v) is 2.21. The van der Waals surface area contributed by atoms with Crippen LogP contribution < -0.4 is 5.56 Å². The highest BCUT2D eigenvalue weighted by molar-refractivity contribution is 6.31. The molecule has 1 rings (SSSR count). The molecule has 1 aromatic rings. The van der Waals surface area contributed by atoms with Crippen LogP contribution in [0.5, 0.6) is 0 Å². The summed E-state index contributed by atoms with van der Waals surface area (Å²) < 4.78 is 0. The van der Waals surface area contributed by atoms with E-state index < -0.39 is 0 Å². The second kappa shape index (κ2) is 2.86. The molecule has 0 saturated heterocycles. The average Bonchev–Trinajstić information content (AvgIpc) is 1.94. The Morgan fingerprint density at radius 1 is 1.60 bits per heavy atom. The molecule has 2 N–H and O–H groups in total. The van der Waals surface area contributed by atoms with Crippen LogP contribution in [0.4, 0.5) is 0 Å². The molecule has 0 aliphatic rings. The summed E-state index contributed by atoms with van der Waals surface area (Å²) in [5, 5.41) is 8.97. The van der Waals surface area contributed by atoms with E-state index in [1.807, 2.05) is 0 Å². The van der Waals surface area contributed by atoms with Gasteiger partial charge >= 0.3 is 0 Å². The van der Waals surface area contributed by atoms with Crippen LogP contribution in [-0.4, -0.2) is 10.1 Å². The highest BCUT2D eigenvalue weighted by Gasteiger charge is 1.96. The molecular formula is C6H6ClNO2. The van der Waals surface area contributed by atoms with Gasteiger partial charge in [0.05, 0.1) is 17.3 Å². The lowest BCUT2D eigenvalue weighted by atomic mass is 10.4. The molecule has 3 nitrogen and oxygen atoms in total. The van der Waals surface area contributed by atoms with E-state index in [1.54, 1.807) is 0 Å². The molecule has 10 heavy (non-hydrogen) atoms. The van der Waals surface area contributed by atoms with Crippen molar-refractivity contribution in [1.29, 1.82) is 0 Å². The third kappa shape index (κ3) is 1.37. The average molecular weight is 160 g/mol. The number of hydrogen-bond acceptors (Lipinski definition) is 2. The number of nitrogens with one attached hydrogen (secondary N) is 1. The van der Waals surface area contributed by atoms with Crippen LogP contribution in [0.15, 0.2) is 16.9 Å². The standard InChI is InChI=1S/C6H6ClNO2/c7-4-1-2-6(10)8-5(4)3-9/h1-2,9H,3H2,(H,8,10). The fourth-order valence-electron chi connectivity index (χ4n) is 0.615. The first-order chi connectivity index (χ1) is 4.74. The number of halogens is 1. The Labute approximate surface area is 62.3 Å². The second-order valence-electron chi connectivity index (χ2n) is 1.81. The Hall–Kier alpha value is -0.800. The Balaban J connectivity index is 3.22. The van der Waals surface area contributed by atoms with Gasteiger partial charge in [-0.2, -0.15) is 0 Å². The highest BCUT2D eigenvalue weighted by Crippen LogP contribution is 2.09. The van der Waals surface area contributed by atoms with Crippen molar-refractivity contribution in [3.05, 3.63) is 33.2 Å². The smallest absolute Gasteiger partial charge is 0.248 e. The van der Waals surface area contributed by atoms with Gasteiger partial charge in [-0.25, -0.2) is 0 Å². The fraction of sp³-hybridized carbons (Fsp3) is 0.167. The zero-order valence-corrected chi connectivity index (χ0v) is 5.85. The van der Waals surface area contributed by atoms with Gasteiger partial charge in [-0.15, -0.1) is 0 Å². The number of pyridine rings is 1.